The molecule has 2 heterocycles. The fourth-order valence-electron chi connectivity index (χ4n) is 3.50. The first-order chi connectivity index (χ1) is 15.0. The van der Waals surface area contributed by atoms with Gasteiger partial charge >= 0.3 is 0 Å². The Kier molecular flexibility index (Phi) is 5.44. The van der Waals surface area contributed by atoms with E-state index in [9.17, 15) is 8.42 Å². The summed E-state index contributed by atoms with van der Waals surface area (Å²) >= 11 is 6.32. The summed E-state index contributed by atoms with van der Waals surface area (Å²) in [6.45, 7) is 6.16. The van der Waals surface area contributed by atoms with Crippen molar-refractivity contribution in [3.63, 3.8) is 0 Å². The lowest BCUT2D eigenvalue weighted by atomic mass is 9.85. The van der Waals surface area contributed by atoms with Crippen LogP contribution in [0, 0.1) is 0 Å². The molecule has 8 nitrogen and oxygen atoms in total. The minimum atomic E-state index is -3.99. The number of aromatic nitrogens is 4. The lowest BCUT2D eigenvalue weighted by Crippen LogP contribution is -2.16. The summed E-state index contributed by atoms with van der Waals surface area (Å²) in [5.41, 5.74) is 2.97. The topological polar surface area (TPSA) is 117 Å². The van der Waals surface area contributed by atoms with E-state index in [2.05, 4.69) is 36.0 Å². The molecule has 166 valence electrons. The highest BCUT2D eigenvalue weighted by molar-refractivity contribution is 7.89. The van der Waals surface area contributed by atoms with Crippen LogP contribution in [-0.2, 0) is 22.5 Å². The first kappa shape index (κ1) is 22.2. The molecule has 2 aromatic heterocycles. The van der Waals surface area contributed by atoms with Gasteiger partial charge in [-0.05, 0) is 40.8 Å². The van der Waals surface area contributed by atoms with Gasteiger partial charge in [-0.15, -0.1) is 10.2 Å². The van der Waals surface area contributed by atoms with Gasteiger partial charge in [0.2, 0.25) is 10.0 Å². The van der Waals surface area contributed by atoms with Crippen molar-refractivity contribution in [2.24, 2.45) is 12.2 Å². The van der Waals surface area contributed by atoms with Crippen molar-refractivity contribution in [3.8, 4) is 34.0 Å². The molecule has 0 amide bonds. The Balaban J connectivity index is 2.01. The summed E-state index contributed by atoms with van der Waals surface area (Å²) in [6.07, 6.45) is 2.78. The zero-order valence-electron chi connectivity index (χ0n) is 18.0. The van der Waals surface area contributed by atoms with Gasteiger partial charge in [0, 0.05) is 23.2 Å². The fraction of sp³-hybridized carbons (Fsp3) is 0.227. The van der Waals surface area contributed by atoms with Crippen molar-refractivity contribution in [2.75, 3.05) is 0 Å². The van der Waals surface area contributed by atoms with Gasteiger partial charge in [0.25, 0.3) is 0 Å². The number of nitrogens with zero attached hydrogens (tertiary/aromatic N) is 4. The first-order valence-electron chi connectivity index (χ1n) is 9.72. The summed E-state index contributed by atoms with van der Waals surface area (Å²) in [5.74, 6) is 0.983. The van der Waals surface area contributed by atoms with Crippen molar-refractivity contribution in [3.05, 3.63) is 59.6 Å². The molecule has 0 aliphatic carbocycles. The molecule has 0 aliphatic rings. The van der Waals surface area contributed by atoms with Gasteiger partial charge < -0.3 is 8.98 Å². The van der Waals surface area contributed by atoms with Crippen molar-refractivity contribution in [1.82, 2.24) is 19.7 Å². The molecular formula is C22H22ClN5O3S. The molecule has 0 atom stereocenters. The molecule has 4 rings (SSSR count). The van der Waals surface area contributed by atoms with Crippen molar-refractivity contribution in [2.45, 2.75) is 31.1 Å². The third-order valence-electron chi connectivity index (χ3n) is 5.20. The molecule has 0 fully saturated rings. The van der Waals surface area contributed by atoms with Gasteiger partial charge in [-0.2, -0.15) is 0 Å². The van der Waals surface area contributed by atoms with Crippen LogP contribution >= 0.6 is 11.6 Å². The number of oxazole rings is 1. The monoisotopic (exact) mass is 471 g/mol. The van der Waals surface area contributed by atoms with Crippen molar-refractivity contribution >= 4 is 21.6 Å². The minimum Gasteiger partial charge on any atom is -0.451 e. The van der Waals surface area contributed by atoms with Crippen LogP contribution in [0.2, 0.25) is 5.02 Å². The molecular weight excluding hydrogens is 450 g/mol. The average molecular weight is 472 g/mol. The number of benzene rings is 2. The molecule has 10 heteroatoms. The van der Waals surface area contributed by atoms with Gasteiger partial charge in [0.05, 0.1) is 4.90 Å². The van der Waals surface area contributed by atoms with Crippen LogP contribution in [0.3, 0.4) is 0 Å². The predicted octanol–water partition coefficient (Wildman–Crippen LogP) is 4.40. The number of hydrogen-bond acceptors (Lipinski definition) is 6. The highest BCUT2D eigenvalue weighted by Crippen LogP contribution is 2.39. The van der Waals surface area contributed by atoms with E-state index >= 15 is 0 Å². The molecule has 0 unspecified atom stereocenters. The maximum absolute atomic E-state index is 12.4. The summed E-state index contributed by atoms with van der Waals surface area (Å²) in [6, 6.07) is 10.4. The Morgan fingerprint density at radius 3 is 2.34 bits per heavy atom. The molecule has 0 spiro atoms. The van der Waals surface area contributed by atoms with E-state index in [1.165, 1.54) is 12.7 Å². The van der Waals surface area contributed by atoms with E-state index in [4.69, 9.17) is 21.2 Å². The highest BCUT2D eigenvalue weighted by atomic mass is 35.5. The summed E-state index contributed by atoms with van der Waals surface area (Å²) in [7, 11) is -2.20. The van der Waals surface area contributed by atoms with Crippen LogP contribution in [0.4, 0.5) is 0 Å². The maximum Gasteiger partial charge on any atom is 0.238 e. The van der Waals surface area contributed by atoms with Gasteiger partial charge in [-0.25, -0.2) is 18.5 Å². The molecule has 2 N–H and O–H groups in total. The second-order valence-electron chi connectivity index (χ2n) is 8.48. The van der Waals surface area contributed by atoms with Crippen LogP contribution in [0.25, 0.3) is 34.0 Å². The third-order valence-corrected chi connectivity index (χ3v) is 6.41. The predicted molar refractivity (Wildman–Crippen MR) is 122 cm³/mol. The largest absolute Gasteiger partial charge is 0.451 e. The zero-order chi connectivity index (χ0) is 23.3. The van der Waals surface area contributed by atoms with E-state index < -0.39 is 10.0 Å². The third kappa shape index (κ3) is 4.06. The smallest absolute Gasteiger partial charge is 0.238 e. The van der Waals surface area contributed by atoms with E-state index in [1.54, 1.807) is 41.9 Å². The molecule has 0 radical (unpaired) electrons. The molecule has 2 aromatic carbocycles. The second kappa shape index (κ2) is 7.84. The molecule has 0 aliphatic heterocycles. The quantitative estimate of drug-likeness (QED) is 0.471. The van der Waals surface area contributed by atoms with Gasteiger partial charge in [0.1, 0.15) is 12.0 Å². The maximum atomic E-state index is 12.4. The molecule has 0 bridgehead atoms. The van der Waals surface area contributed by atoms with Crippen LogP contribution < -0.4 is 5.14 Å². The molecule has 0 saturated carbocycles. The van der Waals surface area contributed by atoms with Crippen molar-refractivity contribution in [1.29, 1.82) is 0 Å². The number of nitrogens with two attached hydrogens (primary N) is 1. The van der Waals surface area contributed by atoms with E-state index in [0.29, 0.717) is 39.1 Å². The standard InChI is InChI=1S/C22H22ClN5O3S/c1-22(2,3)13-5-8-19(32(24,29)30)16(9-13)15-7-6-14(23)10-17(15)20-26-27-21(28(20)4)18-11-31-12-25-18/h5-12H,1-4H3,(H2,24,29,30). The minimum absolute atomic E-state index is 0.0213. The highest BCUT2D eigenvalue weighted by Gasteiger charge is 2.24. The van der Waals surface area contributed by atoms with Crippen LogP contribution in [0.1, 0.15) is 26.3 Å². The normalized spacial score (nSPS) is 12.3. The van der Waals surface area contributed by atoms with Crippen molar-refractivity contribution < 1.29 is 12.8 Å². The zero-order valence-corrected chi connectivity index (χ0v) is 19.6. The molecule has 0 saturated heterocycles. The molecule has 4 aromatic rings. The van der Waals surface area contributed by atoms with Crippen LogP contribution in [0.5, 0.6) is 0 Å². The van der Waals surface area contributed by atoms with Gasteiger partial charge in [-0.3, -0.25) is 0 Å². The van der Waals surface area contributed by atoms with Gasteiger partial charge in [0.15, 0.2) is 18.0 Å². The van der Waals surface area contributed by atoms with Crippen LogP contribution in [-0.4, -0.2) is 28.2 Å². The number of rotatable bonds is 4. The Morgan fingerprint density at radius 2 is 1.72 bits per heavy atom. The number of halogens is 1. The number of hydrogen-bond donors (Lipinski definition) is 1. The van der Waals surface area contributed by atoms with E-state index in [0.717, 1.165) is 5.56 Å². The fourth-order valence-corrected chi connectivity index (χ4v) is 4.41. The SMILES string of the molecule is Cn1c(-c2cocn2)nnc1-c1cc(Cl)ccc1-c1cc(C(C)(C)C)ccc1S(N)(=O)=O. The Labute approximate surface area is 191 Å². The van der Waals surface area contributed by atoms with E-state index in [1.807, 2.05) is 6.07 Å². The summed E-state index contributed by atoms with van der Waals surface area (Å²) in [4.78, 5) is 4.15. The molecule has 32 heavy (non-hydrogen) atoms. The lowest BCUT2D eigenvalue weighted by molar-refractivity contribution is 0.558. The Bertz CT molecular complexity index is 1400. The second-order valence-corrected chi connectivity index (χ2v) is 10.4. The lowest BCUT2D eigenvalue weighted by Gasteiger charge is -2.22. The summed E-state index contributed by atoms with van der Waals surface area (Å²) < 4.78 is 31.7. The van der Waals surface area contributed by atoms with E-state index in [-0.39, 0.29) is 10.3 Å². The van der Waals surface area contributed by atoms with Gasteiger partial charge in [-0.1, -0.05) is 44.5 Å². The Hall–Kier alpha value is -3.01. The van der Waals surface area contributed by atoms with Crippen LogP contribution in [0.15, 0.2) is 58.4 Å². The Morgan fingerprint density at radius 1 is 1.00 bits per heavy atom. The first-order valence-corrected chi connectivity index (χ1v) is 11.6. The summed E-state index contributed by atoms with van der Waals surface area (Å²) in [5, 5.41) is 14.6. The number of primary sulfonamides is 1. The average Bonchev–Trinajstić information content (AvgIpc) is 3.35. The number of sulfonamides is 1.